The van der Waals surface area contributed by atoms with E-state index in [4.69, 9.17) is 14.2 Å². The number of nitrogens with one attached hydrogen (secondary N) is 1. The van der Waals surface area contributed by atoms with Gasteiger partial charge in [-0.3, -0.25) is 24.1 Å². The first kappa shape index (κ1) is 29.7. The van der Waals surface area contributed by atoms with Gasteiger partial charge < -0.3 is 34.4 Å². The highest BCUT2D eigenvalue weighted by molar-refractivity contribution is 5.99. The first-order valence-electron chi connectivity index (χ1n) is 14.9. The molecule has 0 aromatic heterocycles. The maximum Gasteiger partial charge on any atom is 0.313 e. The summed E-state index contributed by atoms with van der Waals surface area (Å²) in [7, 11) is 0. The number of aliphatic hydroxyl groups is 1. The lowest BCUT2D eigenvalue weighted by Gasteiger charge is -2.36. The number of rotatable bonds is 7. The van der Waals surface area contributed by atoms with E-state index >= 15 is 0 Å². The van der Waals surface area contributed by atoms with E-state index in [1.807, 2.05) is 12.2 Å². The fourth-order valence-corrected chi connectivity index (χ4v) is 6.63. The molecule has 1 spiro atoms. The van der Waals surface area contributed by atoms with Crippen molar-refractivity contribution in [2.24, 2.45) is 11.8 Å². The second-order valence-corrected chi connectivity index (χ2v) is 11.5. The first-order chi connectivity index (χ1) is 19.9. The molecule has 12 heteroatoms. The summed E-state index contributed by atoms with van der Waals surface area (Å²) in [5.74, 6) is -3.12. The molecule has 0 aromatic rings. The Kier molecular flexibility index (Phi) is 9.42. The summed E-state index contributed by atoms with van der Waals surface area (Å²) in [6.07, 6.45) is 7.58. The zero-order chi connectivity index (χ0) is 29.0. The van der Waals surface area contributed by atoms with Gasteiger partial charge in [0.25, 0.3) is 0 Å². The van der Waals surface area contributed by atoms with Gasteiger partial charge >= 0.3 is 5.97 Å². The van der Waals surface area contributed by atoms with Crippen molar-refractivity contribution >= 4 is 23.7 Å². The largest absolute Gasteiger partial charge is 0.460 e. The number of carbonyl (C=O) groups excluding carboxylic acids is 4. The minimum absolute atomic E-state index is 0.0203. The quantitative estimate of drug-likeness (QED) is 0.233. The number of morpholine rings is 1. The van der Waals surface area contributed by atoms with Crippen molar-refractivity contribution in [2.45, 2.75) is 56.5 Å². The highest BCUT2D eigenvalue weighted by Crippen LogP contribution is 2.53. The van der Waals surface area contributed by atoms with Crippen LogP contribution >= 0.6 is 0 Å². The van der Waals surface area contributed by atoms with Crippen LogP contribution in [0.4, 0.5) is 0 Å². The van der Waals surface area contributed by atoms with Gasteiger partial charge in [0, 0.05) is 52.3 Å². The maximum atomic E-state index is 14.3. The number of likely N-dealkylation sites (tertiary alicyclic amines) is 1. The normalized spacial score (nSPS) is 35.5. The lowest BCUT2D eigenvalue weighted by molar-refractivity contribution is -0.158. The van der Waals surface area contributed by atoms with E-state index in [0.29, 0.717) is 52.1 Å². The van der Waals surface area contributed by atoms with Crippen molar-refractivity contribution in [2.75, 3.05) is 65.6 Å². The molecule has 0 aromatic carbocycles. The number of fused-ring (bicyclic) bond motifs is 2. The molecule has 3 fully saturated rings. The zero-order valence-electron chi connectivity index (χ0n) is 23.7. The molecule has 0 unspecified atom stereocenters. The average Bonchev–Trinajstić information content (AvgIpc) is 3.34. The van der Waals surface area contributed by atoms with Gasteiger partial charge in [0.15, 0.2) is 0 Å². The molecule has 5 aliphatic rings. The lowest BCUT2D eigenvalue weighted by atomic mass is 9.78. The molecule has 5 rings (SSSR count). The number of unbranched alkanes of at least 4 members (excludes halogenated alkanes) is 1. The van der Waals surface area contributed by atoms with Crippen LogP contribution in [0.5, 0.6) is 0 Å². The highest BCUT2D eigenvalue weighted by Gasteiger charge is 2.71. The van der Waals surface area contributed by atoms with Gasteiger partial charge in [-0.25, -0.2) is 0 Å². The van der Waals surface area contributed by atoms with Gasteiger partial charge in [-0.1, -0.05) is 24.3 Å². The predicted molar refractivity (Wildman–Crippen MR) is 146 cm³/mol. The van der Waals surface area contributed by atoms with Crippen LogP contribution in [0, 0.1) is 11.8 Å². The number of amides is 3. The van der Waals surface area contributed by atoms with Gasteiger partial charge in [-0.2, -0.15) is 0 Å². The Balaban J connectivity index is 1.47. The second-order valence-electron chi connectivity index (χ2n) is 11.5. The molecule has 0 bridgehead atoms. The topological polar surface area (TPSA) is 138 Å². The molecule has 5 heterocycles. The van der Waals surface area contributed by atoms with E-state index < -0.39 is 41.7 Å². The van der Waals surface area contributed by atoms with Gasteiger partial charge in [0.05, 0.1) is 31.8 Å². The summed E-state index contributed by atoms with van der Waals surface area (Å²) in [6, 6.07) is -0.938. The fourth-order valence-electron chi connectivity index (χ4n) is 6.63. The Bertz CT molecular complexity index is 1060. The van der Waals surface area contributed by atoms with Gasteiger partial charge in [-0.05, 0) is 26.2 Å². The van der Waals surface area contributed by atoms with E-state index in [0.717, 1.165) is 13.1 Å². The third-order valence-corrected chi connectivity index (χ3v) is 8.71. The summed E-state index contributed by atoms with van der Waals surface area (Å²) >= 11 is 0. The number of cyclic esters (lactones) is 1. The molecule has 3 amide bonds. The Morgan fingerprint density at radius 1 is 1.05 bits per heavy atom. The van der Waals surface area contributed by atoms with Crippen molar-refractivity contribution in [3.05, 3.63) is 24.3 Å². The Morgan fingerprint density at radius 3 is 2.63 bits per heavy atom. The number of hydrogen-bond donors (Lipinski definition) is 2. The third-order valence-electron chi connectivity index (χ3n) is 8.71. The number of esters is 1. The number of ether oxygens (including phenoxy) is 3. The van der Waals surface area contributed by atoms with Crippen LogP contribution in [0.1, 0.15) is 32.6 Å². The molecule has 2 N–H and O–H groups in total. The smallest absolute Gasteiger partial charge is 0.313 e. The minimum Gasteiger partial charge on any atom is -0.460 e. The molecule has 12 nitrogen and oxygen atoms in total. The third kappa shape index (κ3) is 6.06. The summed E-state index contributed by atoms with van der Waals surface area (Å²) in [5.41, 5.74) is -1.34. The SMILES string of the molecule is C[C@@H]1CNC(=O)CC/C=C\[C@H]2O[C@]34C=CCN(CCN5CCOCC5)C(=O)[C@H]3N(CCCCO)C(=O)[C@@H]4[C@H]2C(=O)O1. The summed E-state index contributed by atoms with van der Waals surface area (Å²) in [4.78, 5) is 59.8. The zero-order valence-corrected chi connectivity index (χ0v) is 23.7. The van der Waals surface area contributed by atoms with Crippen LogP contribution in [-0.4, -0.2) is 133 Å². The molecule has 226 valence electrons. The number of hydrogen-bond acceptors (Lipinski definition) is 9. The van der Waals surface area contributed by atoms with E-state index in [-0.39, 0.29) is 43.8 Å². The Hall–Kier alpha value is -2.80. The molecule has 41 heavy (non-hydrogen) atoms. The minimum atomic E-state index is -1.34. The van der Waals surface area contributed by atoms with Crippen molar-refractivity contribution in [1.29, 1.82) is 0 Å². The standard InChI is InChI=1S/C29H42N4O8/c1-20-19-30-22(35)8-3-2-7-21-23(28(38)40-20)24-26(36)33(11-4-5-16-34)25-27(37)32(10-6-9-29(24,25)41-21)13-12-31-14-17-39-18-15-31/h2,6-7,9,20-21,23-25,34H,3-5,8,10-19H2,1H3,(H,30,35)/b7-2-/t20-,21-,23+,24+,25-,29+/m1/s1. The lowest BCUT2D eigenvalue weighted by Crippen LogP contribution is -2.56. The summed E-state index contributed by atoms with van der Waals surface area (Å²) in [6.45, 7) is 6.61. The maximum absolute atomic E-state index is 14.3. The molecular formula is C29H42N4O8. The van der Waals surface area contributed by atoms with E-state index in [1.165, 1.54) is 0 Å². The second kappa shape index (κ2) is 13.0. The number of carbonyl (C=O) groups is 4. The van der Waals surface area contributed by atoms with E-state index in [1.54, 1.807) is 28.9 Å². The van der Waals surface area contributed by atoms with Crippen LogP contribution in [-0.2, 0) is 33.4 Å². The van der Waals surface area contributed by atoms with Crippen LogP contribution in [0.2, 0.25) is 0 Å². The van der Waals surface area contributed by atoms with E-state index in [2.05, 4.69) is 10.2 Å². The number of aliphatic hydroxyl groups excluding tert-OH is 1. The van der Waals surface area contributed by atoms with E-state index in [9.17, 15) is 24.3 Å². The molecular weight excluding hydrogens is 532 g/mol. The molecule has 6 atom stereocenters. The van der Waals surface area contributed by atoms with Crippen LogP contribution < -0.4 is 5.32 Å². The summed E-state index contributed by atoms with van der Waals surface area (Å²) in [5, 5.41) is 12.2. The Morgan fingerprint density at radius 2 is 1.85 bits per heavy atom. The molecule has 3 saturated heterocycles. The van der Waals surface area contributed by atoms with Gasteiger partial charge in [0.2, 0.25) is 17.7 Å². The molecule has 0 saturated carbocycles. The van der Waals surface area contributed by atoms with Gasteiger partial charge in [0.1, 0.15) is 23.7 Å². The van der Waals surface area contributed by atoms with Crippen molar-refractivity contribution < 1.29 is 38.5 Å². The molecule has 0 aliphatic carbocycles. The molecule has 5 aliphatic heterocycles. The van der Waals surface area contributed by atoms with Crippen molar-refractivity contribution in [3.63, 3.8) is 0 Å². The molecule has 0 radical (unpaired) electrons. The van der Waals surface area contributed by atoms with Crippen molar-refractivity contribution in [1.82, 2.24) is 20.0 Å². The van der Waals surface area contributed by atoms with Crippen LogP contribution in [0.3, 0.4) is 0 Å². The van der Waals surface area contributed by atoms with Crippen LogP contribution in [0.25, 0.3) is 0 Å². The fraction of sp³-hybridized carbons (Fsp3) is 0.724. The van der Waals surface area contributed by atoms with Crippen molar-refractivity contribution in [3.8, 4) is 0 Å². The average molecular weight is 575 g/mol. The monoisotopic (exact) mass is 574 g/mol. The van der Waals surface area contributed by atoms with Crippen LogP contribution in [0.15, 0.2) is 24.3 Å². The highest BCUT2D eigenvalue weighted by atomic mass is 16.6. The Labute approximate surface area is 240 Å². The first-order valence-corrected chi connectivity index (χ1v) is 14.9. The van der Waals surface area contributed by atoms with Gasteiger partial charge in [-0.15, -0.1) is 0 Å². The summed E-state index contributed by atoms with van der Waals surface area (Å²) < 4.78 is 17.8. The number of nitrogens with zero attached hydrogens (tertiary/aromatic N) is 3. The number of allylic oxidation sites excluding steroid dienone is 1. The predicted octanol–water partition coefficient (Wildman–Crippen LogP) is -0.532.